The topological polar surface area (TPSA) is 114 Å². The lowest BCUT2D eigenvalue weighted by Crippen LogP contribution is -2.25. The molecule has 0 saturated carbocycles. The van der Waals surface area contributed by atoms with Crippen LogP contribution in [0, 0.1) is 0 Å². The minimum atomic E-state index is -5.59. The summed E-state index contributed by atoms with van der Waals surface area (Å²) < 4.78 is 64.7. The second-order valence-corrected chi connectivity index (χ2v) is 10.7. The van der Waals surface area contributed by atoms with Crippen molar-refractivity contribution in [2.24, 2.45) is 0 Å². The maximum absolute atomic E-state index is 13.6. The number of aromatic hydroxyl groups is 2. The number of alkyl halides is 3. The van der Waals surface area contributed by atoms with Crippen LogP contribution in [0.15, 0.2) is 94.7 Å². The predicted molar refractivity (Wildman–Crippen MR) is 137 cm³/mol. The lowest BCUT2D eigenvalue weighted by Gasteiger charge is -2.10. The summed E-state index contributed by atoms with van der Waals surface area (Å²) in [6.07, 6.45) is 1.68. The molecule has 0 fully saturated rings. The zero-order chi connectivity index (χ0) is 27.9. The molecule has 0 aliphatic carbocycles. The van der Waals surface area contributed by atoms with Crippen molar-refractivity contribution < 1.29 is 31.8 Å². The molecule has 0 amide bonds. The molecule has 5 rings (SSSR count). The van der Waals surface area contributed by atoms with Gasteiger partial charge in [0.2, 0.25) is 5.88 Å². The van der Waals surface area contributed by atoms with Gasteiger partial charge in [-0.3, -0.25) is 9.55 Å². The van der Waals surface area contributed by atoms with Crippen LogP contribution < -0.4 is 5.69 Å². The summed E-state index contributed by atoms with van der Waals surface area (Å²) >= 11 is 0. The van der Waals surface area contributed by atoms with Crippen molar-refractivity contribution in [3.63, 3.8) is 0 Å². The van der Waals surface area contributed by atoms with Gasteiger partial charge in [-0.05, 0) is 59.7 Å². The van der Waals surface area contributed by atoms with Gasteiger partial charge in [-0.1, -0.05) is 30.3 Å². The van der Waals surface area contributed by atoms with Gasteiger partial charge in [0.25, 0.3) is 9.84 Å². The van der Waals surface area contributed by atoms with Crippen LogP contribution in [-0.2, 0) is 22.8 Å². The molecular weight excluding hydrogens is 535 g/mol. The number of phenols is 1. The summed E-state index contributed by atoms with van der Waals surface area (Å²) in [6.45, 7) is 0.0381. The van der Waals surface area contributed by atoms with Gasteiger partial charge >= 0.3 is 11.2 Å². The summed E-state index contributed by atoms with van der Waals surface area (Å²) in [5.41, 5.74) is -3.88. The molecule has 0 bridgehead atoms. The molecule has 2 heterocycles. The molecule has 2 N–H and O–H groups in total. The smallest absolute Gasteiger partial charge is 0.501 e. The standard InChI is InChI=1S/C27H20F3N3O5S/c28-27(29,30)39(37,38)21-11-7-19(8-12-21)33-25(35)24(15-17-5-9-20(34)10-6-17)32(26(33)36)16-18-13-14-31-23-4-2-1-3-22(18)23/h1-14,34-35H,15-16H2. The molecule has 0 spiro atoms. The number of hydrogen-bond acceptors (Lipinski definition) is 6. The minimum absolute atomic E-state index is 0.0242. The fourth-order valence-electron chi connectivity index (χ4n) is 4.33. The van der Waals surface area contributed by atoms with Gasteiger partial charge in [0, 0.05) is 18.0 Å². The Morgan fingerprint density at radius 1 is 0.872 bits per heavy atom. The van der Waals surface area contributed by atoms with Crippen molar-refractivity contribution in [1.82, 2.24) is 14.1 Å². The van der Waals surface area contributed by atoms with E-state index in [1.165, 1.54) is 16.7 Å². The summed E-state index contributed by atoms with van der Waals surface area (Å²) in [5.74, 6) is -0.423. The largest absolute Gasteiger partial charge is 0.508 e. The molecule has 0 aliphatic heterocycles. The second-order valence-electron chi connectivity index (χ2n) is 8.75. The summed E-state index contributed by atoms with van der Waals surface area (Å²) in [4.78, 5) is 17.0. The fourth-order valence-corrected chi connectivity index (χ4v) is 5.09. The monoisotopic (exact) mass is 555 g/mol. The third-order valence-corrected chi connectivity index (χ3v) is 7.81. The maximum atomic E-state index is 13.6. The highest BCUT2D eigenvalue weighted by Crippen LogP contribution is 2.31. The first-order valence-corrected chi connectivity index (χ1v) is 13.0. The number of hydrogen-bond donors (Lipinski definition) is 2. The highest BCUT2D eigenvalue weighted by molar-refractivity contribution is 7.92. The molecule has 3 aromatic carbocycles. The first kappa shape index (κ1) is 26.0. The van der Waals surface area contributed by atoms with E-state index in [1.807, 2.05) is 24.3 Å². The number of rotatable bonds is 6. The lowest BCUT2D eigenvalue weighted by molar-refractivity contribution is -0.0436. The van der Waals surface area contributed by atoms with E-state index in [1.54, 1.807) is 24.4 Å². The van der Waals surface area contributed by atoms with Gasteiger partial charge in [0.1, 0.15) is 5.75 Å². The van der Waals surface area contributed by atoms with E-state index in [4.69, 9.17) is 0 Å². The molecule has 0 saturated heterocycles. The van der Waals surface area contributed by atoms with E-state index in [0.29, 0.717) is 11.1 Å². The van der Waals surface area contributed by atoms with Gasteiger partial charge in [-0.15, -0.1) is 0 Å². The Morgan fingerprint density at radius 3 is 2.21 bits per heavy atom. The molecule has 2 aromatic heterocycles. The van der Waals surface area contributed by atoms with E-state index < -0.39 is 31.8 Å². The van der Waals surface area contributed by atoms with Crippen molar-refractivity contribution in [2.45, 2.75) is 23.4 Å². The van der Waals surface area contributed by atoms with Gasteiger partial charge in [-0.25, -0.2) is 17.8 Å². The molecule has 5 aromatic rings. The first-order valence-electron chi connectivity index (χ1n) is 11.5. The molecule has 200 valence electrons. The number of fused-ring (bicyclic) bond motifs is 1. The van der Waals surface area contributed by atoms with Gasteiger partial charge in [0.05, 0.1) is 28.3 Å². The van der Waals surface area contributed by atoms with E-state index in [-0.39, 0.29) is 30.1 Å². The number of para-hydroxylation sites is 1. The van der Waals surface area contributed by atoms with Crippen molar-refractivity contribution in [1.29, 1.82) is 0 Å². The maximum Gasteiger partial charge on any atom is 0.501 e. The van der Waals surface area contributed by atoms with Gasteiger partial charge < -0.3 is 10.2 Å². The van der Waals surface area contributed by atoms with E-state index in [2.05, 4.69) is 4.98 Å². The molecule has 0 aliphatic rings. The Bertz CT molecular complexity index is 1840. The number of aromatic nitrogens is 3. The Hall–Kier alpha value is -4.58. The Morgan fingerprint density at radius 2 is 1.54 bits per heavy atom. The average Bonchev–Trinajstić information content (AvgIpc) is 3.13. The molecular formula is C27H20F3N3O5S. The van der Waals surface area contributed by atoms with Crippen molar-refractivity contribution in [3.8, 4) is 17.3 Å². The number of imidazole rings is 1. The molecule has 0 atom stereocenters. The molecule has 0 unspecified atom stereocenters. The minimum Gasteiger partial charge on any atom is -0.508 e. The summed E-state index contributed by atoms with van der Waals surface area (Å²) in [5, 5.41) is 21.6. The first-order chi connectivity index (χ1) is 18.5. The number of phenolic OH excluding ortho intramolecular Hbond substituents is 1. The predicted octanol–water partition coefficient (Wildman–Crippen LogP) is 4.53. The van der Waals surface area contributed by atoms with Crippen molar-refractivity contribution in [2.75, 3.05) is 0 Å². The number of sulfone groups is 1. The Balaban J connectivity index is 1.64. The van der Waals surface area contributed by atoms with Crippen LogP contribution in [0.25, 0.3) is 16.6 Å². The number of nitrogens with zero attached hydrogens (tertiary/aromatic N) is 3. The third-order valence-electron chi connectivity index (χ3n) is 6.30. The number of halogens is 3. The highest BCUT2D eigenvalue weighted by atomic mass is 32.2. The Labute approximate surface area is 219 Å². The SMILES string of the molecule is O=c1n(Cc2ccnc3ccccc23)c(Cc2ccc(O)cc2)c(O)n1-c1ccc(S(=O)(=O)C(F)(F)F)cc1. The normalized spacial score (nSPS) is 12.2. The molecule has 12 heteroatoms. The highest BCUT2D eigenvalue weighted by Gasteiger charge is 2.46. The number of pyridine rings is 1. The second kappa shape index (κ2) is 9.62. The van der Waals surface area contributed by atoms with E-state index in [9.17, 15) is 36.6 Å². The zero-order valence-electron chi connectivity index (χ0n) is 20.0. The fraction of sp³-hybridized carbons (Fsp3) is 0.111. The summed E-state index contributed by atoms with van der Waals surface area (Å²) in [7, 11) is -5.59. The van der Waals surface area contributed by atoms with Crippen LogP contribution in [0.4, 0.5) is 13.2 Å². The Kier molecular flexibility index (Phi) is 6.43. The molecule has 0 radical (unpaired) electrons. The lowest BCUT2D eigenvalue weighted by atomic mass is 10.1. The van der Waals surface area contributed by atoms with Crippen LogP contribution in [-0.4, -0.2) is 38.3 Å². The van der Waals surface area contributed by atoms with Crippen LogP contribution in [0.3, 0.4) is 0 Å². The van der Waals surface area contributed by atoms with Crippen LogP contribution >= 0.6 is 0 Å². The molecule has 39 heavy (non-hydrogen) atoms. The zero-order valence-corrected chi connectivity index (χ0v) is 20.8. The molecule has 8 nitrogen and oxygen atoms in total. The van der Waals surface area contributed by atoms with Crippen LogP contribution in [0.1, 0.15) is 16.8 Å². The van der Waals surface area contributed by atoms with Gasteiger partial charge in [-0.2, -0.15) is 13.2 Å². The van der Waals surface area contributed by atoms with E-state index >= 15 is 0 Å². The third kappa shape index (κ3) is 4.74. The summed E-state index contributed by atoms with van der Waals surface area (Å²) in [6, 6.07) is 18.7. The number of benzene rings is 3. The van der Waals surface area contributed by atoms with Crippen LogP contribution in [0.5, 0.6) is 11.6 Å². The van der Waals surface area contributed by atoms with E-state index in [0.717, 1.165) is 39.8 Å². The quantitative estimate of drug-likeness (QED) is 0.318. The van der Waals surface area contributed by atoms with Crippen molar-refractivity contribution in [3.05, 3.63) is 112 Å². The average molecular weight is 556 g/mol. The van der Waals surface area contributed by atoms with Crippen molar-refractivity contribution >= 4 is 20.7 Å². The van der Waals surface area contributed by atoms with Crippen LogP contribution in [0.2, 0.25) is 0 Å². The van der Waals surface area contributed by atoms with Gasteiger partial charge in [0.15, 0.2) is 0 Å².